The van der Waals surface area contributed by atoms with Crippen LogP contribution in [0.4, 0.5) is 0 Å². The molecule has 2 aromatic carbocycles. The summed E-state index contributed by atoms with van der Waals surface area (Å²) >= 11 is 0. The summed E-state index contributed by atoms with van der Waals surface area (Å²) in [7, 11) is 3.05. The Morgan fingerprint density at radius 2 is 1.65 bits per heavy atom. The first-order chi connectivity index (χ1) is 15.1. The molecule has 0 unspecified atom stereocenters. The van der Waals surface area contributed by atoms with E-state index in [1.807, 2.05) is 36.4 Å². The highest BCUT2D eigenvalue weighted by Crippen LogP contribution is 2.47. The lowest BCUT2D eigenvalue weighted by Crippen LogP contribution is -2.42. The van der Waals surface area contributed by atoms with Gasteiger partial charge in [-0.15, -0.1) is 0 Å². The van der Waals surface area contributed by atoms with Gasteiger partial charge in [-0.1, -0.05) is 48.5 Å². The van der Waals surface area contributed by atoms with Crippen molar-refractivity contribution in [3.05, 3.63) is 71.8 Å². The van der Waals surface area contributed by atoms with E-state index in [9.17, 15) is 9.59 Å². The van der Waals surface area contributed by atoms with Crippen molar-refractivity contribution >= 4 is 11.9 Å². The first kappa shape index (κ1) is 21.5. The van der Waals surface area contributed by atoms with Crippen molar-refractivity contribution in [1.29, 1.82) is 0 Å². The van der Waals surface area contributed by atoms with E-state index < -0.39 is 36.5 Å². The van der Waals surface area contributed by atoms with Crippen molar-refractivity contribution in [2.45, 2.75) is 37.6 Å². The van der Waals surface area contributed by atoms with Gasteiger partial charge in [0, 0.05) is 20.1 Å². The zero-order valence-corrected chi connectivity index (χ0v) is 17.5. The molecule has 0 amide bonds. The van der Waals surface area contributed by atoms with Crippen LogP contribution in [0.2, 0.25) is 0 Å². The minimum atomic E-state index is -0.704. The standard InChI is InChI=1S/C24H26O7/c1-27-24(28-2)19-17-13-18(25)30-20(17)22(29-14-15-9-5-3-6-10-15)21(19)31-23(26)16-11-7-4-8-12-16/h3-12,17,19-22,24H,13-14H2,1-2H3/t17-,19+,20-,21-,22-/m1/s1. The number of ether oxygens (including phenoxy) is 5. The Bertz CT molecular complexity index is 881. The van der Waals surface area contributed by atoms with Crippen molar-refractivity contribution in [3.8, 4) is 0 Å². The molecule has 4 rings (SSSR count). The molecule has 1 saturated carbocycles. The number of hydrogen-bond donors (Lipinski definition) is 0. The number of fused-ring (bicyclic) bond motifs is 1. The molecule has 0 radical (unpaired) electrons. The van der Waals surface area contributed by atoms with Crippen LogP contribution in [0.3, 0.4) is 0 Å². The summed E-state index contributed by atoms with van der Waals surface area (Å²) in [5, 5.41) is 0. The van der Waals surface area contributed by atoms with Gasteiger partial charge in [-0.2, -0.15) is 0 Å². The van der Waals surface area contributed by atoms with Crippen LogP contribution in [0.1, 0.15) is 22.3 Å². The van der Waals surface area contributed by atoms with Gasteiger partial charge in [0.1, 0.15) is 18.3 Å². The Morgan fingerprint density at radius 3 is 2.29 bits per heavy atom. The Labute approximate surface area is 181 Å². The molecule has 1 aliphatic carbocycles. The topological polar surface area (TPSA) is 80.3 Å². The summed E-state index contributed by atoms with van der Waals surface area (Å²) in [6.07, 6.45) is -2.36. The number of esters is 2. The summed E-state index contributed by atoms with van der Waals surface area (Å²) in [6.45, 7) is 0.295. The lowest BCUT2D eigenvalue weighted by atomic mass is 9.91. The lowest BCUT2D eigenvalue weighted by Gasteiger charge is -2.30. The SMILES string of the molecule is COC(OC)[C@H]1[C@H]2CC(=O)O[C@H]2[C@@H](OCc2ccccc2)[C@@H]1OC(=O)c1ccccc1. The minimum absolute atomic E-state index is 0.198. The minimum Gasteiger partial charge on any atom is -0.459 e. The van der Waals surface area contributed by atoms with Crippen LogP contribution in [0, 0.1) is 11.8 Å². The molecule has 2 aromatic rings. The Hall–Kier alpha value is -2.74. The van der Waals surface area contributed by atoms with Crippen molar-refractivity contribution in [1.82, 2.24) is 0 Å². The number of rotatable bonds is 8. The summed E-state index contributed by atoms with van der Waals surface area (Å²) in [5.74, 6) is -1.43. The van der Waals surface area contributed by atoms with Crippen LogP contribution in [0.5, 0.6) is 0 Å². The first-order valence-corrected chi connectivity index (χ1v) is 10.3. The average Bonchev–Trinajstić information content (AvgIpc) is 3.30. The van der Waals surface area contributed by atoms with E-state index in [-0.39, 0.29) is 18.3 Å². The van der Waals surface area contributed by atoms with Crippen LogP contribution in [-0.4, -0.2) is 50.8 Å². The molecule has 0 bridgehead atoms. The highest BCUT2D eigenvalue weighted by molar-refractivity contribution is 5.89. The number of carbonyl (C=O) groups is 2. The molecule has 1 heterocycles. The molecule has 31 heavy (non-hydrogen) atoms. The van der Waals surface area contributed by atoms with E-state index >= 15 is 0 Å². The van der Waals surface area contributed by atoms with E-state index in [1.165, 1.54) is 14.2 Å². The molecule has 7 nitrogen and oxygen atoms in total. The van der Waals surface area contributed by atoms with Gasteiger partial charge in [0.05, 0.1) is 24.5 Å². The summed E-state index contributed by atoms with van der Waals surface area (Å²) in [4.78, 5) is 25.0. The predicted octanol–water partition coefficient (Wildman–Crippen LogP) is 2.98. The average molecular weight is 426 g/mol. The fourth-order valence-electron chi connectivity index (χ4n) is 4.55. The first-order valence-electron chi connectivity index (χ1n) is 10.3. The maximum atomic E-state index is 12.9. The molecular formula is C24H26O7. The maximum Gasteiger partial charge on any atom is 0.338 e. The van der Waals surface area contributed by atoms with Crippen LogP contribution in [-0.2, 0) is 35.1 Å². The molecule has 164 valence electrons. The van der Waals surface area contributed by atoms with Crippen molar-refractivity contribution in [3.63, 3.8) is 0 Å². The van der Waals surface area contributed by atoms with Crippen molar-refractivity contribution < 1.29 is 33.3 Å². The maximum absolute atomic E-state index is 12.9. The van der Waals surface area contributed by atoms with Crippen molar-refractivity contribution in [2.75, 3.05) is 14.2 Å². The number of carbonyl (C=O) groups excluding carboxylic acids is 2. The second-order valence-electron chi connectivity index (χ2n) is 7.74. The number of benzene rings is 2. The van der Waals surface area contributed by atoms with Gasteiger partial charge in [-0.25, -0.2) is 4.79 Å². The van der Waals surface area contributed by atoms with Gasteiger partial charge in [-0.3, -0.25) is 4.79 Å². The lowest BCUT2D eigenvalue weighted by molar-refractivity contribution is -0.176. The normalized spacial score (nSPS) is 27.2. The van der Waals surface area contributed by atoms with E-state index in [1.54, 1.807) is 24.3 Å². The molecule has 0 aromatic heterocycles. The molecule has 1 aliphatic heterocycles. The second kappa shape index (κ2) is 9.60. The van der Waals surface area contributed by atoms with Crippen LogP contribution >= 0.6 is 0 Å². The Balaban J connectivity index is 1.62. The quantitative estimate of drug-likeness (QED) is 0.474. The monoisotopic (exact) mass is 426 g/mol. The molecule has 5 atom stereocenters. The second-order valence-corrected chi connectivity index (χ2v) is 7.74. The molecule has 0 N–H and O–H groups in total. The fourth-order valence-corrected chi connectivity index (χ4v) is 4.55. The van der Waals surface area contributed by atoms with Gasteiger partial charge < -0.3 is 23.7 Å². The smallest absolute Gasteiger partial charge is 0.338 e. The Morgan fingerprint density at radius 1 is 1.00 bits per heavy atom. The summed E-state index contributed by atoms with van der Waals surface area (Å²) in [5.41, 5.74) is 1.40. The van der Waals surface area contributed by atoms with Gasteiger partial charge >= 0.3 is 11.9 Å². The number of hydrogen-bond acceptors (Lipinski definition) is 7. The van der Waals surface area contributed by atoms with Crippen LogP contribution in [0.25, 0.3) is 0 Å². The molecular weight excluding hydrogens is 400 g/mol. The van der Waals surface area contributed by atoms with Crippen LogP contribution < -0.4 is 0 Å². The third-order valence-corrected chi connectivity index (χ3v) is 5.93. The molecule has 7 heteroatoms. The van der Waals surface area contributed by atoms with Gasteiger partial charge in [0.15, 0.2) is 6.29 Å². The third-order valence-electron chi connectivity index (χ3n) is 5.93. The highest BCUT2D eigenvalue weighted by Gasteiger charge is 2.61. The van der Waals surface area contributed by atoms with E-state index in [4.69, 9.17) is 23.7 Å². The van der Waals surface area contributed by atoms with Crippen LogP contribution in [0.15, 0.2) is 60.7 Å². The van der Waals surface area contributed by atoms with Crippen molar-refractivity contribution in [2.24, 2.45) is 11.8 Å². The molecule has 0 spiro atoms. The molecule has 2 fully saturated rings. The molecule has 1 saturated heterocycles. The highest BCUT2D eigenvalue weighted by atomic mass is 16.7. The zero-order chi connectivity index (χ0) is 21.8. The van der Waals surface area contributed by atoms with Gasteiger partial charge in [0.25, 0.3) is 0 Å². The van der Waals surface area contributed by atoms with E-state index in [0.29, 0.717) is 12.2 Å². The summed E-state index contributed by atoms with van der Waals surface area (Å²) in [6, 6.07) is 18.4. The van der Waals surface area contributed by atoms with Gasteiger partial charge in [0.2, 0.25) is 0 Å². The molecule has 2 aliphatic rings. The zero-order valence-electron chi connectivity index (χ0n) is 17.5. The largest absolute Gasteiger partial charge is 0.459 e. The summed E-state index contributed by atoms with van der Waals surface area (Å²) < 4.78 is 28.8. The Kier molecular flexibility index (Phi) is 6.65. The van der Waals surface area contributed by atoms with E-state index in [2.05, 4.69) is 0 Å². The third kappa shape index (κ3) is 4.49. The number of methoxy groups -OCH3 is 2. The van der Waals surface area contributed by atoms with Gasteiger partial charge in [-0.05, 0) is 17.7 Å². The predicted molar refractivity (Wildman–Crippen MR) is 110 cm³/mol. The fraction of sp³-hybridized carbons (Fsp3) is 0.417. The van der Waals surface area contributed by atoms with E-state index in [0.717, 1.165) is 5.56 Å².